The average molecular weight is 422 g/mol. The normalized spacial score (nSPS) is 11.4. The Morgan fingerprint density at radius 2 is 1.86 bits per heavy atom. The van der Waals surface area contributed by atoms with E-state index in [1.165, 1.54) is 18.9 Å². The molecule has 3 rings (SSSR count). The summed E-state index contributed by atoms with van der Waals surface area (Å²) in [6, 6.07) is 11.8. The second-order valence-electron chi connectivity index (χ2n) is 5.58. The number of hydrogen-bond donors (Lipinski definition) is 1. The van der Waals surface area contributed by atoms with Gasteiger partial charge in [-0.15, -0.1) is 11.8 Å². The molecule has 1 heterocycles. The maximum atomic E-state index is 12.4. The summed E-state index contributed by atoms with van der Waals surface area (Å²) in [5, 5.41) is 3.90. The molecule has 0 aliphatic heterocycles. The van der Waals surface area contributed by atoms with Crippen LogP contribution in [0.4, 0.5) is 0 Å². The molecular weight excluding hydrogens is 402 g/mol. The molecule has 0 aliphatic rings. The molecule has 0 radical (unpaired) electrons. The van der Waals surface area contributed by atoms with Crippen molar-refractivity contribution in [3.8, 4) is 22.9 Å². The molecule has 0 atom stereocenters. The number of thioether (sulfide) groups is 1. The molecule has 2 aromatic carbocycles. The lowest BCUT2D eigenvalue weighted by atomic mass is 10.2. The van der Waals surface area contributed by atoms with E-state index >= 15 is 0 Å². The van der Waals surface area contributed by atoms with Gasteiger partial charge in [-0.3, -0.25) is 0 Å². The molecule has 0 unspecified atom stereocenters. The molecule has 148 valence electrons. The number of aromatic nitrogens is 2. The number of hydrogen-bond acceptors (Lipinski definition) is 8. The Morgan fingerprint density at radius 1 is 1.11 bits per heavy atom. The standard InChI is InChI=1S/C18H19N3O5S2/c1-24-12-4-9-15(16(10-12)25-2)18-20-17(26-21-18)11-19-28(22,23)14-7-5-13(27-3)6-8-14/h4-10,19H,11H2,1-3H3. The van der Waals surface area contributed by atoms with E-state index < -0.39 is 10.0 Å². The maximum absolute atomic E-state index is 12.4. The van der Waals surface area contributed by atoms with Crippen molar-refractivity contribution in [1.82, 2.24) is 14.9 Å². The number of sulfonamides is 1. The SMILES string of the molecule is COc1ccc(-c2noc(CNS(=O)(=O)c3ccc(SC)cc3)n2)c(OC)c1. The van der Waals surface area contributed by atoms with Crippen LogP contribution < -0.4 is 14.2 Å². The van der Waals surface area contributed by atoms with Crippen molar-refractivity contribution in [2.45, 2.75) is 16.3 Å². The van der Waals surface area contributed by atoms with Crippen molar-refractivity contribution in [2.75, 3.05) is 20.5 Å². The molecule has 3 aromatic rings. The monoisotopic (exact) mass is 421 g/mol. The van der Waals surface area contributed by atoms with Gasteiger partial charge in [0, 0.05) is 11.0 Å². The number of ether oxygens (including phenoxy) is 2. The van der Waals surface area contributed by atoms with Crippen molar-refractivity contribution >= 4 is 21.8 Å². The van der Waals surface area contributed by atoms with E-state index in [9.17, 15) is 8.42 Å². The zero-order valence-corrected chi connectivity index (χ0v) is 17.1. The minimum atomic E-state index is -3.69. The van der Waals surface area contributed by atoms with Crippen molar-refractivity contribution in [3.05, 3.63) is 48.4 Å². The Balaban J connectivity index is 1.74. The fraction of sp³-hybridized carbons (Fsp3) is 0.222. The van der Waals surface area contributed by atoms with Crippen molar-refractivity contribution < 1.29 is 22.4 Å². The summed E-state index contributed by atoms with van der Waals surface area (Å²) in [7, 11) is -0.608. The van der Waals surface area contributed by atoms with Gasteiger partial charge >= 0.3 is 0 Å². The van der Waals surface area contributed by atoms with E-state index in [0.29, 0.717) is 17.1 Å². The molecule has 1 aromatic heterocycles. The van der Waals surface area contributed by atoms with E-state index in [0.717, 1.165) is 4.90 Å². The molecule has 10 heteroatoms. The van der Waals surface area contributed by atoms with Gasteiger partial charge in [0.25, 0.3) is 0 Å². The molecule has 0 saturated heterocycles. The summed E-state index contributed by atoms with van der Waals surface area (Å²) in [6.07, 6.45) is 1.92. The van der Waals surface area contributed by atoms with E-state index in [-0.39, 0.29) is 23.2 Å². The number of nitrogens with one attached hydrogen (secondary N) is 1. The highest BCUT2D eigenvalue weighted by molar-refractivity contribution is 7.98. The quantitative estimate of drug-likeness (QED) is 0.554. The number of benzene rings is 2. The fourth-order valence-electron chi connectivity index (χ4n) is 2.41. The Bertz CT molecular complexity index is 1050. The lowest BCUT2D eigenvalue weighted by molar-refractivity contribution is 0.375. The average Bonchev–Trinajstić information content (AvgIpc) is 3.20. The second-order valence-corrected chi connectivity index (χ2v) is 8.22. The predicted molar refractivity (Wildman–Crippen MR) is 105 cm³/mol. The van der Waals surface area contributed by atoms with Gasteiger partial charge in [-0.25, -0.2) is 13.1 Å². The summed E-state index contributed by atoms with van der Waals surface area (Å²) in [5.74, 6) is 1.57. The summed E-state index contributed by atoms with van der Waals surface area (Å²) >= 11 is 1.54. The van der Waals surface area contributed by atoms with Gasteiger partial charge in [0.05, 0.1) is 31.2 Å². The first kappa shape index (κ1) is 20.2. The summed E-state index contributed by atoms with van der Waals surface area (Å²) < 4.78 is 42.9. The molecule has 0 spiro atoms. The predicted octanol–water partition coefficient (Wildman–Crippen LogP) is 2.95. The van der Waals surface area contributed by atoms with Crippen LogP contribution in [-0.4, -0.2) is 39.0 Å². The topological polar surface area (TPSA) is 104 Å². The molecular formula is C18H19N3O5S2. The van der Waals surface area contributed by atoms with Crippen LogP contribution in [0.25, 0.3) is 11.4 Å². The van der Waals surface area contributed by atoms with Gasteiger partial charge in [0.15, 0.2) is 0 Å². The van der Waals surface area contributed by atoms with Gasteiger partial charge in [0.1, 0.15) is 11.5 Å². The first-order chi connectivity index (χ1) is 13.5. The molecule has 0 amide bonds. The molecule has 0 bridgehead atoms. The first-order valence-electron chi connectivity index (χ1n) is 8.15. The van der Waals surface area contributed by atoms with Crippen LogP contribution in [0.1, 0.15) is 5.89 Å². The molecule has 1 N–H and O–H groups in total. The summed E-state index contributed by atoms with van der Waals surface area (Å²) in [6.45, 7) is -0.127. The molecule has 0 fully saturated rings. The third-order valence-corrected chi connectivity index (χ3v) is 6.06. The van der Waals surface area contributed by atoms with Crippen LogP contribution in [-0.2, 0) is 16.6 Å². The lowest BCUT2D eigenvalue weighted by Crippen LogP contribution is -2.23. The van der Waals surface area contributed by atoms with Gasteiger partial charge in [0.2, 0.25) is 21.7 Å². The second kappa shape index (κ2) is 8.63. The smallest absolute Gasteiger partial charge is 0.242 e. The number of rotatable bonds is 8. The van der Waals surface area contributed by atoms with Gasteiger partial charge < -0.3 is 14.0 Å². The first-order valence-corrected chi connectivity index (χ1v) is 10.9. The molecule has 28 heavy (non-hydrogen) atoms. The summed E-state index contributed by atoms with van der Waals surface area (Å²) in [5.41, 5.74) is 0.605. The lowest BCUT2D eigenvalue weighted by Gasteiger charge is -2.07. The van der Waals surface area contributed by atoms with E-state index in [1.807, 2.05) is 6.26 Å². The highest BCUT2D eigenvalue weighted by Crippen LogP contribution is 2.31. The third-order valence-electron chi connectivity index (χ3n) is 3.90. The Kier molecular flexibility index (Phi) is 6.22. The minimum Gasteiger partial charge on any atom is -0.497 e. The number of nitrogens with zero attached hydrogens (tertiary/aromatic N) is 2. The van der Waals surface area contributed by atoms with Crippen molar-refractivity contribution in [3.63, 3.8) is 0 Å². The number of methoxy groups -OCH3 is 2. The van der Waals surface area contributed by atoms with Crippen LogP contribution in [0.2, 0.25) is 0 Å². The third kappa shape index (κ3) is 4.46. The van der Waals surface area contributed by atoms with E-state index in [4.69, 9.17) is 14.0 Å². The van der Waals surface area contributed by atoms with E-state index in [2.05, 4.69) is 14.9 Å². The summed E-state index contributed by atoms with van der Waals surface area (Å²) in [4.78, 5) is 5.39. The zero-order valence-electron chi connectivity index (χ0n) is 15.5. The largest absolute Gasteiger partial charge is 0.497 e. The van der Waals surface area contributed by atoms with Gasteiger partial charge in [-0.05, 0) is 42.7 Å². The Hall–Kier alpha value is -2.56. The van der Waals surface area contributed by atoms with Crippen molar-refractivity contribution in [1.29, 1.82) is 0 Å². The van der Waals surface area contributed by atoms with Crippen LogP contribution in [0.15, 0.2) is 56.8 Å². The highest BCUT2D eigenvalue weighted by atomic mass is 32.2. The van der Waals surface area contributed by atoms with Gasteiger partial charge in [-0.1, -0.05) is 5.16 Å². The molecule has 0 aliphatic carbocycles. The molecule has 0 saturated carbocycles. The highest BCUT2D eigenvalue weighted by Gasteiger charge is 2.18. The molecule has 8 nitrogen and oxygen atoms in total. The Morgan fingerprint density at radius 3 is 2.50 bits per heavy atom. The Labute approximate surface area is 167 Å². The minimum absolute atomic E-state index is 0.127. The van der Waals surface area contributed by atoms with Crippen LogP contribution >= 0.6 is 11.8 Å². The zero-order chi connectivity index (χ0) is 20.1. The fourth-order valence-corrected chi connectivity index (χ4v) is 3.80. The van der Waals surface area contributed by atoms with Crippen LogP contribution in [0, 0.1) is 0 Å². The van der Waals surface area contributed by atoms with Gasteiger partial charge in [-0.2, -0.15) is 4.98 Å². The maximum Gasteiger partial charge on any atom is 0.242 e. The van der Waals surface area contributed by atoms with Crippen molar-refractivity contribution in [2.24, 2.45) is 0 Å². The van der Waals surface area contributed by atoms with Crippen LogP contribution in [0.5, 0.6) is 11.5 Å². The van der Waals surface area contributed by atoms with E-state index in [1.54, 1.807) is 49.6 Å². The van der Waals surface area contributed by atoms with Crippen LogP contribution in [0.3, 0.4) is 0 Å².